The van der Waals surface area contributed by atoms with Gasteiger partial charge in [0.05, 0.1) is 11.3 Å². The van der Waals surface area contributed by atoms with Gasteiger partial charge in [0, 0.05) is 6.54 Å². The van der Waals surface area contributed by atoms with Gasteiger partial charge in [-0.3, -0.25) is 0 Å². The van der Waals surface area contributed by atoms with Crippen LogP contribution in [0.3, 0.4) is 0 Å². The van der Waals surface area contributed by atoms with Crippen LogP contribution in [0.15, 0.2) is 12.1 Å². The molecule has 0 aliphatic rings. The third-order valence-electron chi connectivity index (χ3n) is 1.99. The fraction of sp³-hybridized carbons (Fsp3) is 0.615. The number of hydrogen-bond acceptors (Lipinski definition) is 5. The molecule has 0 unspecified atom stereocenters. The Labute approximate surface area is 108 Å². The Hall–Kier alpha value is -1.49. The van der Waals surface area contributed by atoms with Crippen molar-refractivity contribution in [3.63, 3.8) is 0 Å². The molecule has 0 aromatic carbocycles. The SMILES string of the molecule is CC(C)(O)CNc1ccc(N)c(OC(C)(C)C)n1. The Morgan fingerprint density at radius 3 is 2.39 bits per heavy atom. The number of nitrogens with zero attached hydrogens (tertiary/aromatic N) is 1. The zero-order valence-electron chi connectivity index (χ0n) is 11.7. The summed E-state index contributed by atoms with van der Waals surface area (Å²) in [6.45, 7) is 9.66. The van der Waals surface area contributed by atoms with E-state index in [9.17, 15) is 5.11 Å². The van der Waals surface area contributed by atoms with E-state index >= 15 is 0 Å². The quantitative estimate of drug-likeness (QED) is 0.765. The van der Waals surface area contributed by atoms with Crippen molar-refractivity contribution in [3.8, 4) is 5.88 Å². The average molecular weight is 253 g/mol. The Morgan fingerprint density at radius 1 is 1.28 bits per heavy atom. The van der Waals surface area contributed by atoms with Gasteiger partial charge in [-0.05, 0) is 46.8 Å². The Kier molecular flexibility index (Phi) is 4.06. The van der Waals surface area contributed by atoms with Gasteiger partial charge >= 0.3 is 0 Å². The number of aliphatic hydroxyl groups is 1. The van der Waals surface area contributed by atoms with Gasteiger partial charge in [0.2, 0.25) is 5.88 Å². The minimum Gasteiger partial charge on any atom is -0.470 e. The highest BCUT2D eigenvalue weighted by Crippen LogP contribution is 2.25. The first-order chi connectivity index (χ1) is 8.07. The third kappa shape index (κ3) is 5.23. The number of nitrogens with two attached hydrogens (primary N) is 1. The molecule has 18 heavy (non-hydrogen) atoms. The summed E-state index contributed by atoms with van der Waals surface area (Å²) in [6.07, 6.45) is 0. The van der Waals surface area contributed by atoms with Crippen molar-refractivity contribution in [1.29, 1.82) is 0 Å². The summed E-state index contributed by atoms with van der Waals surface area (Å²) in [5.74, 6) is 1.04. The number of anilines is 2. The summed E-state index contributed by atoms with van der Waals surface area (Å²) >= 11 is 0. The standard InChI is InChI=1S/C13H23N3O2/c1-12(2,3)18-11-9(14)6-7-10(16-11)15-8-13(4,5)17/h6-7,17H,8,14H2,1-5H3,(H,15,16). The van der Waals surface area contributed by atoms with E-state index in [0.717, 1.165) is 0 Å². The van der Waals surface area contributed by atoms with Crippen molar-refractivity contribution in [2.45, 2.75) is 45.8 Å². The van der Waals surface area contributed by atoms with Crippen LogP contribution in [-0.4, -0.2) is 27.8 Å². The highest BCUT2D eigenvalue weighted by Gasteiger charge is 2.16. The van der Waals surface area contributed by atoms with E-state index in [4.69, 9.17) is 10.5 Å². The average Bonchev–Trinajstić information content (AvgIpc) is 2.16. The molecule has 0 bridgehead atoms. The topological polar surface area (TPSA) is 80.4 Å². The van der Waals surface area contributed by atoms with Gasteiger partial charge in [0.25, 0.3) is 0 Å². The van der Waals surface area contributed by atoms with E-state index in [1.165, 1.54) is 0 Å². The molecule has 0 saturated carbocycles. The second-order valence-electron chi connectivity index (χ2n) is 5.97. The first-order valence-corrected chi connectivity index (χ1v) is 5.99. The number of ether oxygens (including phenoxy) is 1. The number of hydrogen-bond donors (Lipinski definition) is 3. The molecule has 0 radical (unpaired) electrons. The molecule has 102 valence electrons. The maximum atomic E-state index is 9.64. The lowest BCUT2D eigenvalue weighted by atomic mass is 10.1. The summed E-state index contributed by atoms with van der Waals surface area (Å²) in [7, 11) is 0. The van der Waals surface area contributed by atoms with Gasteiger partial charge in [0.15, 0.2) is 0 Å². The highest BCUT2D eigenvalue weighted by molar-refractivity contribution is 5.53. The molecule has 0 aliphatic carbocycles. The molecule has 1 heterocycles. The van der Waals surface area contributed by atoms with Crippen LogP contribution in [0.5, 0.6) is 5.88 Å². The minimum absolute atomic E-state index is 0.351. The summed E-state index contributed by atoms with van der Waals surface area (Å²) < 4.78 is 5.67. The van der Waals surface area contributed by atoms with Gasteiger partial charge in [-0.25, -0.2) is 0 Å². The molecular formula is C13H23N3O2. The van der Waals surface area contributed by atoms with Crippen LogP contribution < -0.4 is 15.8 Å². The highest BCUT2D eigenvalue weighted by atomic mass is 16.5. The van der Waals surface area contributed by atoms with Gasteiger partial charge in [-0.2, -0.15) is 4.98 Å². The van der Waals surface area contributed by atoms with E-state index in [0.29, 0.717) is 23.9 Å². The fourth-order valence-electron chi connectivity index (χ4n) is 1.23. The largest absolute Gasteiger partial charge is 0.470 e. The van der Waals surface area contributed by atoms with E-state index in [-0.39, 0.29) is 5.60 Å². The lowest BCUT2D eigenvalue weighted by molar-refractivity contribution is 0.0942. The lowest BCUT2D eigenvalue weighted by Gasteiger charge is -2.22. The summed E-state index contributed by atoms with van der Waals surface area (Å²) in [4.78, 5) is 4.29. The zero-order chi connectivity index (χ0) is 14.0. The number of aromatic nitrogens is 1. The Balaban J connectivity index is 2.81. The number of nitrogens with one attached hydrogen (secondary N) is 1. The lowest BCUT2D eigenvalue weighted by Crippen LogP contribution is -2.30. The van der Waals surface area contributed by atoms with Gasteiger partial charge in [-0.1, -0.05) is 0 Å². The molecule has 0 amide bonds. The molecule has 0 saturated heterocycles. The maximum absolute atomic E-state index is 9.64. The van der Waals surface area contributed by atoms with E-state index in [1.54, 1.807) is 26.0 Å². The normalized spacial score (nSPS) is 12.3. The van der Waals surface area contributed by atoms with Crippen LogP contribution >= 0.6 is 0 Å². The Morgan fingerprint density at radius 2 is 1.89 bits per heavy atom. The van der Waals surface area contributed by atoms with Crippen molar-refractivity contribution in [2.24, 2.45) is 0 Å². The fourth-order valence-corrected chi connectivity index (χ4v) is 1.23. The molecule has 1 rings (SSSR count). The predicted molar refractivity (Wildman–Crippen MR) is 73.8 cm³/mol. The molecule has 5 nitrogen and oxygen atoms in total. The monoisotopic (exact) mass is 253 g/mol. The molecule has 0 atom stereocenters. The first-order valence-electron chi connectivity index (χ1n) is 5.99. The van der Waals surface area contributed by atoms with Crippen LogP contribution in [0.25, 0.3) is 0 Å². The summed E-state index contributed by atoms with van der Waals surface area (Å²) in [5.41, 5.74) is 5.16. The predicted octanol–water partition coefficient (Wildman–Crippen LogP) is 2.02. The van der Waals surface area contributed by atoms with E-state index in [1.807, 2.05) is 20.8 Å². The van der Waals surface area contributed by atoms with E-state index in [2.05, 4.69) is 10.3 Å². The molecule has 4 N–H and O–H groups in total. The Bertz CT molecular complexity index is 406. The van der Waals surface area contributed by atoms with Crippen molar-refractivity contribution in [3.05, 3.63) is 12.1 Å². The van der Waals surface area contributed by atoms with Crippen LogP contribution in [0.1, 0.15) is 34.6 Å². The second-order valence-corrected chi connectivity index (χ2v) is 5.97. The molecule has 0 aliphatic heterocycles. The second kappa shape index (κ2) is 5.02. The third-order valence-corrected chi connectivity index (χ3v) is 1.99. The van der Waals surface area contributed by atoms with Gasteiger partial charge in [-0.15, -0.1) is 0 Å². The van der Waals surface area contributed by atoms with Gasteiger partial charge < -0.3 is 20.9 Å². The van der Waals surface area contributed by atoms with Crippen molar-refractivity contribution >= 4 is 11.5 Å². The smallest absolute Gasteiger partial charge is 0.239 e. The van der Waals surface area contributed by atoms with Crippen LogP contribution in [-0.2, 0) is 0 Å². The molecule has 0 spiro atoms. The summed E-state index contributed by atoms with van der Waals surface area (Å²) in [5, 5.41) is 12.7. The van der Waals surface area contributed by atoms with Crippen LogP contribution in [0.2, 0.25) is 0 Å². The molecule has 1 aromatic rings. The summed E-state index contributed by atoms with van der Waals surface area (Å²) in [6, 6.07) is 3.50. The van der Waals surface area contributed by atoms with E-state index < -0.39 is 5.60 Å². The minimum atomic E-state index is -0.798. The number of pyridine rings is 1. The van der Waals surface area contributed by atoms with Crippen molar-refractivity contribution in [1.82, 2.24) is 4.98 Å². The maximum Gasteiger partial charge on any atom is 0.239 e. The molecular weight excluding hydrogens is 230 g/mol. The molecule has 0 fully saturated rings. The van der Waals surface area contributed by atoms with Crippen molar-refractivity contribution in [2.75, 3.05) is 17.6 Å². The van der Waals surface area contributed by atoms with Crippen LogP contribution in [0, 0.1) is 0 Å². The van der Waals surface area contributed by atoms with Crippen molar-refractivity contribution < 1.29 is 9.84 Å². The van der Waals surface area contributed by atoms with Crippen LogP contribution in [0.4, 0.5) is 11.5 Å². The van der Waals surface area contributed by atoms with Gasteiger partial charge in [0.1, 0.15) is 11.4 Å². The first kappa shape index (κ1) is 14.6. The zero-order valence-corrected chi connectivity index (χ0v) is 11.7. The molecule has 5 heteroatoms. The number of nitrogen functional groups attached to an aromatic ring is 1. The number of rotatable bonds is 4. The molecule has 1 aromatic heterocycles.